The molecule has 3 N–H and O–H groups in total. The number of carbonyl (C=O) groups is 1. The molecule has 1 aromatic heterocycles. The smallest absolute Gasteiger partial charge is 0.330 e. The van der Waals surface area contributed by atoms with Crippen molar-refractivity contribution in [2.24, 2.45) is 0 Å². The number of benzene rings is 2. The summed E-state index contributed by atoms with van der Waals surface area (Å²) in [6, 6.07) is 16.1. The number of nitrogens with zero attached hydrogens (tertiary/aromatic N) is 2. The van der Waals surface area contributed by atoms with Crippen LogP contribution in [0.2, 0.25) is 0 Å². The van der Waals surface area contributed by atoms with Crippen molar-refractivity contribution in [3.63, 3.8) is 0 Å². The number of aromatic nitrogens is 2. The molecule has 1 saturated heterocycles. The molecule has 2 heterocycles. The number of carbonyl (C=O) groups excluding carboxylic acids is 1. The maximum Gasteiger partial charge on any atom is 0.330 e. The third kappa shape index (κ3) is 5.85. The Bertz CT molecular complexity index is 1300. The van der Waals surface area contributed by atoms with Crippen LogP contribution in [0.15, 0.2) is 64.2 Å². The van der Waals surface area contributed by atoms with Crippen LogP contribution in [-0.4, -0.2) is 34.8 Å². The maximum atomic E-state index is 13.8. The topological polar surface area (TPSA) is 120 Å². The first-order chi connectivity index (χ1) is 17.5. The summed E-state index contributed by atoms with van der Waals surface area (Å²) in [7, 11) is 0. The van der Waals surface area contributed by atoms with Crippen molar-refractivity contribution in [3.8, 4) is 5.75 Å². The van der Waals surface area contributed by atoms with E-state index in [2.05, 4.69) is 4.98 Å². The van der Waals surface area contributed by atoms with Gasteiger partial charge in [-0.1, -0.05) is 49.7 Å². The number of nitrogens with two attached hydrogens (primary N) is 1. The molecular weight excluding hydrogens is 460 g/mol. The first kappa shape index (κ1) is 25.2. The fraction of sp³-hybridized carbons (Fsp3) is 0.370. The lowest BCUT2D eigenvalue weighted by molar-refractivity contribution is 0.0679. The molecular formula is C27H32N4O5. The Kier molecular flexibility index (Phi) is 8.22. The van der Waals surface area contributed by atoms with E-state index < -0.39 is 17.2 Å². The zero-order valence-corrected chi connectivity index (χ0v) is 20.4. The Hall–Kier alpha value is -3.85. The lowest BCUT2D eigenvalue weighted by Crippen LogP contribution is -2.41. The van der Waals surface area contributed by atoms with Gasteiger partial charge in [-0.05, 0) is 43.0 Å². The second kappa shape index (κ2) is 11.7. The number of unbranched alkanes of at least 4 members (excludes halogenated alkanes) is 1. The Morgan fingerprint density at radius 3 is 2.72 bits per heavy atom. The summed E-state index contributed by atoms with van der Waals surface area (Å²) in [5.41, 5.74) is 6.15. The second-order valence-corrected chi connectivity index (χ2v) is 8.85. The van der Waals surface area contributed by atoms with Crippen molar-refractivity contribution in [1.82, 2.24) is 9.55 Å². The molecule has 0 spiro atoms. The molecule has 1 atom stereocenters. The minimum Gasteiger partial charge on any atom is -0.491 e. The SMILES string of the molecule is CCCCn1c(N)c(N(Cc2ccccc2)C(=O)c2cccc(OCC3CCCO3)c2)c(=O)[nH]c1=O. The number of hydrogen-bond acceptors (Lipinski definition) is 6. The number of aromatic amines is 1. The van der Waals surface area contributed by atoms with E-state index in [1.807, 2.05) is 37.3 Å². The van der Waals surface area contributed by atoms with Gasteiger partial charge >= 0.3 is 5.69 Å². The van der Waals surface area contributed by atoms with Gasteiger partial charge in [0.25, 0.3) is 11.5 Å². The summed E-state index contributed by atoms with van der Waals surface area (Å²) in [6.07, 6.45) is 3.54. The standard InChI is InChI=1S/C27H32N4O5/c1-2-3-14-30-24(28)23(25(32)29-27(30)34)31(17-19-9-5-4-6-10-19)26(33)20-11-7-12-21(16-20)36-18-22-13-8-15-35-22/h4-7,9-12,16,22H,2-3,8,13-15,17-18,28H2,1H3,(H,29,32,34). The maximum absolute atomic E-state index is 13.8. The summed E-state index contributed by atoms with van der Waals surface area (Å²) < 4.78 is 12.8. The molecule has 190 valence electrons. The molecule has 0 saturated carbocycles. The highest BCUT2D eigenvalue weighted by molar-refractivity contribution is 6.07. The van der Waals surface area contributed by atoms with E-state index in [0.717, 1.165) is 31.4 Å². The molecule has 4 rings (SSSR count). The van der Waals surface area contributed by atoms with Gasteiger partial charge in [0.1, 0.15) is 18.2 Å². The lowest BCUT2D eigenvalue weighted by Gasteiger charge is -2.25. The Morgan fingerprint density at radius 2 is 2.00 bits per heavy atom. The fourth-order valence-corrected chi connectivity index (χ4v) is 4.23. The first-order valence-corrected chi connectivity index (χ1v) is 12.3. The minimum atomic E-state index is -0.708. The number of H-pyrrole nitrogens is 1. The van der Waals surface area contributed by atoms with Crippen molar-refractivity contribution < 1.29 is 14.3 Å². The van der Waals surface area contributed by atoms with Crippen molar-refractivity contribution in [1.29, 1.82) is 0 Å². The molecule has 1 unspecified atom stereocenters. The Morgan fingerprint density at radius 1 is 1.19 bits per heavy atom. The highest BCUT2D eigenvalue weighted by Crippen LogP contribution is 2.24. The van der Waals surface area contributed by atoms with Gasteiger partial charge in [-0.15, -0.1) is 0 Å². The van der Waals surface area contributed by atoms with Crippen LogP contribution in [0.5, 0.6) is 5.75 Å². The predicted octanol–water partition coefficient (Wildman–Crippen LogP) is 3.32. The fourth-order valence-electron chi connectivity index (χ4n) is 4.23. The third-order valence-corrected chi connectivity index (χ3v) is 6.19. The summed E-state index contributed by atoms with van der Waals surface area (Å²) in [5, 5.41) is 0. The van der Waals surface area contributed by atoms with E-state index in [4.69, 9.17) is 15.2 Å². The molecule has 0 radical (unpaired) electrons. The van der Waals surface area contributed by atoms with Gasteiger partial charge in [0.05, 0.1) is 12.6 Å². The number of nitrogens with one attached hydrogen (secondary N) is 1. The minimum absolute atomic E-state index is 0.0349. The average Bonchev–Trinajstić information content (AvgIpc) is 3.41. The molecule has 3 aromatic rings. The number of anilines is 2. The van der Waals surface area contributed by atoms with Gasteiger partial charge < -0.3 is 15.2 Å². The van der Waals surface area contributed by atoms with Crippen LogP contribution in [0.4, 0.5) is 11.5 Å². The molecule has 0 aliphatic carbocycles. The first-order valence-electron chi connectivity index (χ1n) is 12.3. The zero-order valence-electron chi connectivity index (χ0n) is 20.4. The van der Waals surface area contributed by atoms with Crippen molar-refractivity contribution in [2.75, 3.05) is 23.8 Å². The highest BCUT2D eigenvalue weighted by Gasteiger charge is 2.26. The molecule has 1 aliphatic heterocycles. The number of nitrogen functional groups attached to an aromatic ring is 1. The van der Waals surface area contributed by atoms with Gasteiger partial charge in [-0.25, -0.2) is 4.79 Å². The van der Waals surface area contributed by atoms with Crippen LogP contribution < -0.4 is 26.6 Å². The van der Waals surface area contributed by atoms with Crippen LogP contribution in [0.25, 0.3) is 0 Å². The molecule has 1 aliphatic rings. The van der Waals surface area contributed by atoms with Gasteiger partial charge in [0, 0.05) is 18.7 Å². The van der Waals surface area contributed by atoms with E-state index >= 15 is 0 Å². The van der Waals surface area contributed by atoms with Gasteiger partial charge in [-0.2, -0.15) is 0 Å². The van der Waals surface area contributed by atoms with Crippen molar-refractivity contribution >= 4 is 17.4 Å². The number of hydrogen-bond donors (Lipinski definition) is 2. The van der Waals surface area contributed by atoms with E-state index in [-0.39, 0.29) is 24.2 Å². The normalized spacial score (nSPS) is 15.1. The van der Waals surface area contributed by atoms with Crippen LogP contribution in [0.3, 0.4) is 0 Å². The lowest BCUT2D eigenvalue weighted by atomic mass is 10.1. The molecule has 9 nitrogen and oxygen atoms in total. The van der Waals surface area contributed by atoms with Crippen molar-refractivity contribution in [2.45, 2.75) is 51.8 Å². The summed E-state index contributed by atoms with van der Waals surface area (Å²) in [5.74, 6) is 0.0670. The number of rotatable bonds is 10. The summed E-state index contributed by atoms with van der Waals surface area (Å²) in [6.45, 7) is 3.56. The highest BCUT2D eigenvalue weighted by atomic mass is 16.5. The Balaban J connectivity index is 1.70. The van der Waals surface area contributed by atoms with Crippen LogP contribution in [0, 0.1) is 0 Å². The second-order valence-electron chi connectivity index (χ2n) is 8.85. The van der Waals surface area contributed by atoms with Gasteiger partial charge in [-0.3, -0.25) is 24.0 Å². The van der Waals surface area contributed by atoms with Crippen LogP contribution >= 0.6 is 0 Å². The van der Waals surface area contributed by atoms with Crippen LogP contribution in [0.1, 0.15) is 48.5 Å². The van der Waals surface area contributed by atoms with E-state index in [1.54, 1.807) is 24.3 Å². The van der Waals surface area contributed by atoms with Crippen LogP contribution in [-0.2, 0) is 17.8 Å². The molecule has 9 heteroatoms. The zero-order chi connectivity index (χ0) is 25.5. The monoisotopic (exact) mass is 492 g/mol. The summed E-state index contributed by atoms with van der Waals surface area (Å²) in [4.78, 5) is 42.9. The third-order valence-electron chi connectivity index (χ3n) is 6.19. The van der Waals surface area contributed by atoms with E-state index in [0.29, 0.717) is 30.9 Å². The van der Waals surface area contributed by atoms with Crippen molar-refractivity contribution in [3.05, 3.63) is 86.6 Å². The number of amides is 1. The molecule has 36 heavy (non-hydrogen) atoms. The molecule has 0 bridgehead atoms. The quantitative estimate of drug-likeness (QED) is 0.448. The number of ether oxygens (including phenoxy) is 2. The molecule has 2 aromatic carbocycles. The average molecular weight is 493 g/mol. The molecule has 1 fully saturated rings. The van der Waals surface area contributed by atoms with E-state index in [9.17, 15) is 14.4 Å². The molecule has 1 amide bonds. The predicted molar refractivity (Wildman–Crippen MR) is 139 cm³/mol. The van der Waals surface area contributed by atoms with Gasteiger partial charge in [0.2, 0.25) is 0 Å². The summed E-state index contributed by atoms with van der Waals surface area (Å²) >= 11 is 0. The largest absolute Gasteiger partial charge is 0.491 e. The Labute approximate surface area is 209 Å². The van der Waals surface area contributed by atoms with Gasteiger partial charge in [0.15, 0.2) is 5.69 Å². The van der Waals surface area contributed by atoms with E-state index in [1.165, 1.54) is 9.47 Å².